The van der Waals surface area contributed by atoms with Gasteiger partial charge in [-0.05, 0) is 54.4 Å². The van der Waals surface area contributed by atoms with Crippen LogP contribution in [0.25, 0.3) is 0 Å². The van der Waals surface area contributed by atoms with Crippen LogP contribution in [0, 0.1) is 0 Å². The minimum Gasteiger partial charge on any atom is -0.494 e. The lowest BCUT2D eigenvalue weighted by atomic mass is 9.96. The summed E-state index contributed by atoms with van der Waals surface area (Å²) in [6.07, 6.45) is 2.73. The van der Waals surface area contributed by atoms with Crippen molar-refractivity contribution in [2.24, 2.45) is 5.10 Å². The Bertz CT molecular complexity index is 1080. The Hall–Kier alpha value is -2.98. The van der Waals surface area contributed by atoms with Crippen LogP contribution >= 0.6 is 11.6 Å². The first-order valence-corrected chi connectivity index (χ1v) is 11.2. The lowest BCUT2D eigenvalue weighted by Gasteiger charge is -2.38. The highest BCUT2D eigenvalue weighted by Gasteiger charge is 2.40. The molecule has 2 atom stereocenters. The molecule has 0 radical (unpaired) electrons. The fraction of sp³-hybridized carbons (Fsp3) is 0.269. The lowest BCUT2D eigenvalue weighted by Crippen LogP contribution is -2.33. The van der Waals surface area contributed by atoms with Gasteiger partial charge in [0.2, 0.25) is 6.23 Å². The average Bonchev–Trinajstić information content (AvgIpc) is 3.25. The first-order chi connectivity index (χ1) is 15.2. The summed E-state index contributed by atoms with van der Waals surface area (Å²) in [5.41, 5.74) is 4.37. The van der Waals surface area contributed by atoms with E-state index in [1.54, 1.807) is 0 Å². The number of ether oxygens (including phenoxy) is 2. The summed E-state index contributed by atoms with van der Waals surface area (Å²) in [6, 6.07) is 24.5. The second-order valence-corrected chi connectivity index (χ2v) is 8.37. The molecule has 4 nitrogen and oxygen atoms in total. The van der Waals surface area contributed by atoms with E-state index in [0.717, 1.165) is 59.2 Å². The third-order valence-electron chi connectivity index (χ3n) is 5.81. The fourth-order valence-electron chi connectivity index (χ4n) is 4.13. The van der Waals surface area contributed by atoms with Crippen LogP contribution in [0.3, 0.4) is 0 Å². The number of hydrogen-bond donors (Lipinski definition) is 0. The molecule has 0 spiro atoms. The molecule has 0 N–H and O–H groups in total. The Morgan fingerprint density at radius 1 is 1.03 bits per heavy atom. The number of halogens is 1. The molecule has 5 rings (SSSR count). The second kappa shape index (κ2) is 8.64. The van der Waals surface area contributed by atoms with Crippen molar-refractivity contribution in [2.75, 3.05) is 6.61 Å². The van der Waals surface area contributed by atoms with Crippen LogP contribution in [0.1, 0.15) is 55.1 Å². The molecule has 0 saturated carbocycles. The summed E-state index contributed by atoms with van der Waals surface area (Å²) in [5, 5.41) is 7.83. The predicted octanol–water partition coefficient (Wildman–Crippen LogP) is 6.76. The van der Waals surface area contributed by atoms with Gasteiger partial charge in [-0.2, -0.15) is 5.10 Å². The largest absolute Gasteiger partial charge is 0.494 e. The van der Waals surface area contributed by atoms with E-state index >= 15 is 0 Å². The first-order valence-electron chi connectivity index (χ1n) is 10.8. The third-order valence-corrected chi connectivity index (χ3v) is 6.06. The van der Waals surface area contributed by atoms with Crippen LogP contribution < -0.4 is 9.47 Å². The average molecular weight is 433 g/mol. The molecule has 0 aliphatic carbocycles. The fourth-order valence-corrected chi connectivity index (χ4v) is 4.26. The van der Waals surface area contributed by atoms with Crippen molar-refractivity contribution in [1.82, 2.24) is 5.01 Å². The van der Waals surface area contributed by atoms with Crippen molar-refractivity contribution in [3.05, 3.63) is 94.5 Å². The Balaban J connectivity index is 1.46. The first kappa shape index (κ1) is 20.0. The van der Waals surface area contributed by atoms with Crippen LogP contribution in [-0.2, 0) is 0 Å². The van der Waals surface area contributed by atoms with E-state index in [-0.39, 0.29) is 12.3 Å². The van der Waals surface area contributed by atoms with Gasteiger partial charge in [0, 0.05) is 22.6 Å². The summed E-state index contributed by atoms with van der Waals surface area (Å²) in [7, 11) is 0. The highest BCUT2D eigenvalue weighted by Crippen LogP contribution is 2.47. The zero-order valence-corrected chi connectivity index (χ0v) is 18.3. The smallest absolute Gasteiger partial charge is 0.213 e. The summed E-state index contributed by atoms with van der Waals surface area (Å²) >= 11 is 6.08. The van der Waals surface area contributed by atoms with Crippen LogP contribution in [0.4, 0.5) is 0 Å². The minimum absolute atomic E-state index is 0.140. The van der Waals surface area contributed by atoms with Crippen molar-refractivity contribution in [2.45, 2.75) is 38.5 Å². The van der Waals surface area contributed by atoms with Gasteiger partial charge >= 0.3 is 0 Å². The molecule has 3 aromatic rings. The zero-order chi connectivity index (χ0) is 21.2. The molecule has 2 aliphatic rings. The van der Waals surface area contributed by atoms with Crippen LogP contribution in [-0.4, -0.2) is 17.3 Å². The van der Waals surface area contributed by atoms with Crippen LogP contribution in [0.15, 0.2) is 77.9 Å². The standard InChI is InChI=1S/C26H25ClN2O2/c1-2-3-16-30-21-14-10-19(11-15-21)26-29-24(22-6-4-5-7-25(22)31-26)17-23(28-29)18-8-12-20(27)13-9-18/h4-15,24,26H,2-3,16-17H2,1H3/t24-,26-/m1/s1. The maximum absolute atomic E-state index is 6.43. The Labute approximate surface area is 188 Å². The summed E-state index contributed by atoms with van der Waals surface area (Å²) in [4.78, 5) is 0. The summed E-state index contributed by atoms with van der Waals surface area (Å²) < 4.78 is 12.3. The number of nitrogens with zero attached hydrogens (tertiary/aromatic N) is 2. The number of benzene rings is 3. The predicted molar refractivity (Wildman–Crippen MR) is 124 cm³/mol. The zero-order valence-electron chi connectivity index (χ0n) is 17.5. The molecular formula is C26H25ClN2O2. The number of unbranched alkanes of at least 4 members (excludes halogenated alkanes) is 1. The number of para-hydroxylation sites is 1. The van der Waals surface area contributed by atoms with E-state index in [9.17, 15) is 0 Å². The molecule has 0 fully saturated rings. The molecule has 3 aromatic carbocycles. The monoisotopic (exact) mass is 432 g/mol. The van der Waals surface area contributed by atoms with Crippen LogP contribution in [0.5, 0.6) is 11.5 Å². The van der Waals surface area contributed by atoms with Crippen molar-refractivity contribution in [3.8, 4) is 11.5 Å². The van der Waals surface area contributed by atoms with Gasteiger partial charge in [-0.1, -0.05) is 55.3 Å². The topological polar surface area (TPSA) is 34.1 Å². The quantitative estimate of drug-likeness (QED) is 0.403. The molecule has 0 bridgehead atoms. The van der Waals surface area contributed by atoms with E-state index in [1.807, 2.05) is 48.5 Å². The molecule has 0 unspecified atom stereocenters. The van der Waals surface area contributed by atoms with Gasteiger partial charge in [0.05, 0.1) is 18.4 Å². The van der Waals surface area contributed by atoms with Gasteiger partial charge in [0.25, 0.3) is 0 Å². The van der Waals surface area contributed by atoms with E-state index in [2.05, 4.69) is 36.2 Å². The molecule has 0 amide bonds. The molecule has 158 valence electrons. The molecule has 2 aliphatic heterocycles. The van der Waals surface area contributed by atoms with Gasteiger partial charge in [-0.25, -0.2) is 5.01 Å². The molecule has 0 saturated heterocycles. The number of hydrazone groups is 1. The van der Waals surface area contributed by atoms with Gasteiger partial charge in [-0.3, -0.25) is 0 Å². The SMILES string of the molecule is CCCCOc1ccc([C@H]2Oc3ccccc3[C@H]3CC(c4ccc(Cl)cc4)=NN32)cc1. The Kier molecular flexibility index (Phi) is 5.56. The third kappa shape index (κ3) is 4.00. The highest BCUT2D eigenvalue weighted by molar-refractivity contribution is 6.30. The Morgan fingerprint density at radius 3 is 2.58 bits per heavy atom. The molecule has 31 heavy (non-hydrogen) atoms. The highest BCUT2D eigenvalue weighted by atomic mass is 35.5. The van der Waals surface area contributed by atoms with Crippen molar-refractivity contribution in [1.29, 1.82) is 0 Å². The van der Waals surface area contributed by atoms with Gasteiger partial charge in [0.15, 0.2) is 0 Å². The molecule has 5 heteroatoms. The van der Waals surface area contributed by atoms with E-state index < -0.39 is 0 Å². The normalized spacial score (nSPS) is 19.3. The van der Waals surface area contributed by atoms with Crippen LogP contribution in [0.2, 0.25) is 5.02 Å². The van der Waals surface area contributed by atoms with E-state index in [1.165, 1.54) is 5.56 Å². The lowest BCUT2D eigenvalue weighted by molar-refractivity contribution is -0.0190. The summed E-state index contributed by atoms with van der Waals surface area (Å²) in [5.74, 6) is 1.81. The molecule has 0 aromatic heterocycles. The number of rotatable bonds is 6. The van der Waals surface area contributed by atoms with Crippen molar-refractivity contribution >= 4 is 17.3 Å². The van der Waals surface area contributed by atoms with Gasteiger partial charge in [-0.15, -0.1) is 0 Å². The molecular weight excluding hydrogens is 408 g/mol. The van der Waals surface area contributed by atoms with Gasteiger partial charge in [0.1, 0.15) is 11.5 Å². The minimum atomic E-state index is -0.283. The van der Waals surface area contributed by atoms with Gasteiger partial charge < -0.3 is 9.47 Å². The number of fused-ring (bicyclic) bond motifs is 3. The van der Waals surface area contributed by atoms with Crippen molar-refractivity contribution in [3.63, 3.8) is 0 Å². The second-order valence-electron chi connectivity index (χ2n) is 7.93. The van der Waals surface area contributed by atoms with E-state index in [4.69, 9.17) is 26.2 Å². The van der Waals surface area contributed by atoms with Crippen molar-refractivity contribution < 1.29 is 9.47 Å². The maximum Gasteiger partial charge on any atom is 0.213 e. The summed E-state index contributed by atoms with van der Waals surface area (Å²) in [6.45, 7) is 2.90. The Morgan fingerprint density at radius 2 is 1.81 bits per heavy atom. The maximum atomic E-state index is 6.43. The number of hydrogen-bond acceptors (Lipinski definition) is 4. The van der Waals surface area contributed by atoms with E-state index in [0.29, 0.717) is 0 Å². The molecule has 2 heterocycles.